The van der Waals surface area contributed by atoms with E-state index in [9.17, 15) is 14.4 Å². The second-order valence-corrected chi connectivity index (χ2v) is 8.14. The normalized spacial score (nSPS) is 15.0. The summed E-state index contributed by atoms with van der Waals surface area (Å²) in [5.41, 5.74) is 2.06. The fraction of sp³-hybridized carbons (Fsp3) is 0.0909. The zero-order chi connectivity index (χ0) is 22.0. The van der Waals surface area contributed by atoms with Crippen LogP contribution < -0.4 is 5.32 Å². The van der Waals surface area contributed by atoms with Crippen LogP contribution in [0.5, 0.6) is 0 Å². The molecule has 0 spiro atoms. The number of benzene rings is 2. The van der Waals surface area contributed by atoms with E-state index in [2.05, 4.69) is 11.4 Å². The van der Waals surface area contributed by atoms with E-state index in [1.54, 1.807) is 41.1 Å². The zero-order valence-corrected chi connectivity index (χ0v) is 17.6. The van der Waals surface area contributed by atoms with E-state index >= 15 is 0 Å². The summed E-state index contributed by atoms with van der Waals surface area (Å²) in [6.45, 7) is -0.232. The van der Waals surface area contributed by atoms with Gasteiger partial charge in [-0.1, -0.05) is 35.9 Å². The molecule has 154 valence electrons. The molecular weight excluding hydrogens is 436 g/mol. The van der Waals surface area contributed by atoms with Crippen molar-refractivity contribution in [3.05, 3.63) is 70.2 Å². The molecule has 1 saturated heterocycles. The topological polar surface area (TPSA) is 95.2 Å². The fourth-order valence-corrected chi connectivity index (χ4v) is 4.30. The van der Waals surface area contributed by atoms with Crippen molar-refractivity contribution in [2.75, 3.05) is 11.9 Å². The van der Waals surface area contributed by atoms with Crippen molar-refractivity contribution in [3.8, 4) is 6.07 Å². The first-order valence-electron chi connectivity index (χ1n) is 9.22. The number of anilines is 1. The molecule has 7 nitrogen and oxygen atoms in total. The number of fused-ring (bicyclic) bond motifs is 1. The van der Waals surface area contributed by atoms with E-state index in [-0.39, 0.29) is 11.4 Å². The van der Waals surface area contributed by atoms with Crippen LogP contribution in [0.3, 0.4) is 0 Å². The molecular formula is C22H15ClN4O3S. The Balaban J connectivity index is 1.55. The molecule has 9 heteroatoms. The molecule has 2 heterocycles. The van der Waals surface area contributed by atoms with Gasteiger partial charge in [0.25, 0.3) is 11.1 Å². The van der Waals surface area contributed by atoms with Gasteiger partial charge in [-0.15, -0.1) is 0 Å². The summed E-state index contributed by atoms with van der Waals surface area (Å²) in [6, 6.07) is 16.2. The summed E-state index contributed by atoms with van der Waals surface area (Å²) in [5, 5.41) is 12.5. The lowest BCUT2D eigenvalue weighted by Crippen LogP contribution is -2.36. The molecule has 0 bridgehead atoms. The summed E-state index contributed by atoms with van der Waals surface area (Å²) in [7, 11) is 0. The molecule has 1 aliphatic heterocycles. The van der Waals surface area contributed by atoms with E-state index in [0.717, 1.165) is 33.1 Å². The summed E-state index contributed by atoms with van der Waals surface area (Å²) < 4.78 is 1.78. The zero-order valence-electron chi connectivity index (χ0n) is 16.0. The predicted octanol–water partition coefficient (Wildman–Crippen LogP) is 4.49. The number of halogens is 1. The number of hydrogen-bond donors (Lipinski definition) is 1. The molecule has 1 aliphatic rings. The Morgan fingerprint density at radius 1 is 1.19 bits per heavy atom. The lowest BCUT2D eigenvalue weighted by atomic mass is 10.1. The minimum Gasteiger partial charge on any atom is -0.333 e. The molecule has 2 aromatic carbocycles. The van der Waals surface area contributed by atoms with E-state index in [4.69, 9.17) is 16.9 Å². The Bertz CT molecular complexity index is 1290. The van der Waals surface area contributed by atoms with Gasteiger partial charge in [0, 0.05) is 33.4 Å². The maximum absolute atomic E-state index is 12.8. The first-order valence-corrected chi connectivity index (χ1v) is 10.4. The maximum Gasteiger partial charge on any atom is 0.294 e. The smallest absolute Gasteiger partial charge is 0.294 e. The molecule has 0 radical (unpaired) electrons. The predicted molar refractivity (Wildman–Crippen MR) is 120 cm³/mol. The first kappa shape index (κ1) is 20.7. The molecule has 1 fully saturated rings. The largest absolute Gasteiger partial charge is 0.333 e. The Kier molecular flexibility index (Phi) is 5.80. The molecule has 1 N–H and O–H groups in total. The van der Waals surface area contributed by atoms with Gasteiger partial charge in [-0.05, 0) is 42.1 Å². The van der Waals surface area contributed by atoms with E-state index < -0.39 is 23.6 Å². The number of para-hydroxylation sites is 1. The van der Waals surface area contributed by atoms with Crippen LogP contribution in [0.15, 0.2) is 59.6 Å². The molecule has 0 saturated carbocycles. The third-order valence-corrected chi connectivity index (χ3v) is 5.77. The highest BCUT2D eigenvalue weighted by atomic mass is 35.5. The number of rotatable bonds is 5. The van der Waals surface area contributed by atoms with Crippen LogP contribution in [0.4, 0.5) is 10.5 Å². The number of carbonyl (C=O) groups excluding carboxylic acids is 3. The molecule has 3 aromatic rings. The number of carbonyl (C=O) groups is 3. The number of nitrogens with one attached hydrogen (secondary N) is 1. The Morgan fingerprint density at radius 3 is 2.77 bits per heavy atom. The van der Waals surface area contributed by atoms with Gasteiger partial charge >= 0.3 is 0 Å². The average molecular weight is 451 g/mol. The van der Waals surface area contributed by atoms with Gasteiger partial charge in [-0.25, -0.2) is 0 Å². The summed E-state index contributed by atoms with van der Waals surface area (Å²) in [4.78, 5) is 38.6. The Morgan fingerprint density at radius 2 is 2.00 bits per heavy atom. The quantitative estimate of drug-likeness (QED) is 0.577. The molecule has 0 atom stereocenters. The van der Waals surface area contributed by atoms with Crippen molar-refractivity contribution in [2.45, 2.75) is 6.54 Å². The summed E-state index contributed by atoms with van der Waals surface area (Å²) in [5.74, 6) is -1.04. The van der Waals surface area contributed by atoms with Crippen LogP contribution in [0.1, 0.15) is 5.56 Å². The van der Waals surface area contributed by atoms with E-state index in [0.29, 0.717) is 10.7 Å². The number of hydrogen-bond acceptors (Lipinski definition) is 5. The number of nitriles is 1. The molecule has 1 aromatic heterocycles. The molecule has 3 amide bonds. The number of nitrogens with zero attached hydrogens (tertiary/aromatic N) is 3. The number of imide groups is 1. The third-order valence-electron chi connectivity index (χ3n) is 4.63. The van der Waals surface area contributed by atoms with Gasteiger partial charge in [0.05, 0.1) is 11.0 Å². The van der Waals surface area contributed by atoms with Crippen LogP contribution >= 0.6 is 23.4 Å². The van der Waals surface area contributed by atoms with Crippen LogP contribution in [0.25, 0.3) is 17.0 Å². The van der Waals surface area contributed by atoms with Crippen molar-refractivity contribution in [2.24, 2.45) is 0 Å². The Hall–Kier alpha value is -3.54. The van der Waals surface area contributed by atoms with Gasteiger partial charge in [0.15, 0.2) is 0 Å². The first-order chi connectivity index (χ1) is 15.0. The van der Waals surface area contributed by atoms with Gasteiger partial charge in [0.1, 0.15) is 13.1 Å². The van der Waals surface area contributed by atoms with E-state index in [1.807, 2.05) is 24.3 Å². The highest BCUT2D eigenvalue weighted by molar-refractivity contribution is 8.18. The number of thioether (sulfide) groups is 1. The van der Waals surface area contributed by atoms with Crippen molar-refractivity contribution in [1.82, 2.24) is 9.47 Å². The fourth-order valence-electron chi connectivity index (χ4n) is 3.29. The standard InChI is InChI=1S/C22H15ClN4O3S/c23-15-4-3-5-16(11-15)25-20(28)13-27-21(29)19(31-22(27)30)10-14-12-26(9-8-24)18-7-2-1-6-17(14)18/h1-7,10-12H,9,13H2,(H,25,28). The second-order valence-electron chi connectivity index (χ2n) is 6.71. The Labute approximate surface area is 186 Å². The van der Waals surface area contributed by atoms with Gasteiger partial charge in [-0.2, -0.15) is 5.26 Å². The van der Waals surface area contributed by atoms with Gasteiger partial charge in [-0.3, -0.25) is 19.3 Å². The van der Waals surface area contributed by atoms with Crippen LogP contribution in [0, 0.1) is 11.3 Å². The van der Waals surface area contributed by atoms with Crippen LogP contribution in [-0.4, -0.2) is 33.1 Å². The average Bonchev–Trinajstić information content (AvgIpc) is 3.21. The van der Waals surface area contributed by atoms with Crippen molar-refractivity contribution in [3.63, 3.8) is 0 Å². The molecule has 0 unspecified atom stereocenters. The summed E-state index contributed by atoms with van der Waals surface area (Å²) >= 11 is 6.69. The SMILES string of the molecule is N#CCn1cc(C=C2SC(=O)N(CC(=O)Nc3cccc(Cl)c3)C2=O)c2ccccc21. The van der Waals surface area contributed by atoms with E-state index in [1.165, 1.54) is 0 Å². The molecule has 0 aliphatic carbocycles. The number of aromatic nitrogens is 1. The van der Waals surface area contributed by atoms with Crippen LogP contribution in [0.2, 0.25) is 5.02 Å². The van der Waals surface area contributed by atoms with Gasteiger partial charge < -0.3 is 9.88 Å². The minimum atomic E-state index is -0.534. The lowest BCUT2D eigenvalue weighted by molar-refractivity contribution is -0.127. The second kappa shape index (κ2) is 8.68. The highest BCUT2D eigenvalue weighted by Crippen LogP contribution is 2.34. The van der Waals surface area contributed by atoms with Gasteiger partial charge in [0.2, 0.25) is 5.91 Å². The van der Waals surface area contributed by atoms with Crippen molar-refractivity contribution in [1.29, 1.82) is 5.26 Å². The van der Waals surface area contributed by atoms with Crippen LogP contribution in [-0.2, 0) is 16.1 Å². The molecule has 4 rings (SSSR count). The minimum absolute atomic E-state index is 0.166. The third kappa shape index (κ3) is 4.33. The molecule has 31 heavy (non-hydrogen) atoms. The highest BCUT2D eigenvalue weighted by Gasteiger charge is 2.36. The monoisotopic (exact) mass is 450 g/mol. The van der Waals surface area contributed by atoms with Crippen molar-refractivity contribution < 1.29 is 14.4 Å². The number of amides is 3. The van der Waals surface area contributed by atoms with Crippen molar-refractivity contribution >= 4 is 63.1 Å². The lowest BCUT2D eigenvalue weighted by Gasteiger charge is -2.12. The summed E-state index contributed by atoms with van der Waals surface area (Å²) in [6.07, 6.45) is 3.39. The maximum atomic E-state index is 12.8.